The summed E-state index contributed by atoms with van der Waals surface area (Å²) in [6.07, 6.45) is -8.43. The van der Waals surface area contributed by atoms with Crippen molar-refractivity contribution in [2.75, 3.05) is 6.61 Å². The maximum Gasteiger partial charge on any atom is 0.433 e. The SMILES string of the molecule is CC(C)(CO)NS(=O)(=O)c1ccc(C#Cc2cnn3c(C(F)(F)F)cc(-c4ccc(C(F)(F)F)cc4)nc23)s1. The number of hydrogen-bond donors (Lipinski definition) is 2. The highest BCUT2D eigenvalue weighted by atomic mass is 32.2. The van der Waals surface area contributed by atoms with E-state index in [1.807, 2.05) is 0 Å². The van der Waals surface area contributed by atoms with E-state index in [0.717, 1.165) is 41.8 Å². The molecule has 0 radical (unpaired) electrons. The third kappa shape index (κ3) is 6.25. The van der Waals surface area contributed by atoms with Gasteiger partial charge >= 0.3 is 12.4 Å². The van der Waals surface area contributed by atoms with Crippen LogP contribution in [-0.4, -0.2) is 40.3 Å². The van der Waals surface area contributed by atoms with E-state index >= 15 is 0 Å². The molecule has 7 nitrogen and oxygen atoms in total. The van der Waals surface area contributed by atoms with Crippen molar-refractivity contribution >= 4 is 27.0 Å². The van der Waals surface area contributed by atoms with Crippen molar-refractivity contribution in [3.63, 3.8) is 0 Å². The normalized spacial score (nSPS) is 12.9. The fourth-order valence-electron chi connectivity index (χ4n) is 3.34. The first-order chi connectivity index (χ1) is 18.0. The molecule has 0 spiro atoms. The predicted octanol–water partition coefficient (Wildman–Crippen LogP) is 4.94. The van der Waals surface area contributed by atoms with Crippen LogP contribution in [0.2, 0.25) is 0 Å². The number of benzene rings is 1. The average Bonchev–Trinajstić information content (AvgIpc) is 3.48. The number of nitrogens with zero attached hydrogens (tertiary/aromatic N) is 3. The number of aromatic nitrogens is 3. The molecule has 0 atom stereocenters. The van der Waals surface area contributed by atoms with E-state index in [1.165, 1.54) is 26.0 Å². The molecule has 3 aromatic heterocycles. The largest absolute Gasteiger partial charge is 0.433 e. The maximum atomic E-state index is 13.8. The molecule has 0 saturated carbocycles. The monoisotopic (exact) mass is 588 g/mol. The number of alkyl halides is 6. The second kappa shape index (κ2) is 9.94. The van der Waals surface area contributed by atoms with Crippen LogP contribution in [0.15, 0.2) is 52.9 Å². The summed E-state index contributed by atoms with van der Waals surface area (Å²) in [6, 6.07) is 6.90. The van der Waals surface area contributed by atoms with Crippen LogP contribution in [0.3, 0.4) is 0 Å². The summed E-state index contributed by atoms with van der Waals surface area (Å²) in [5, 5.41) is 13.0. The third-order valence-corrected chi connectivity index (χ3v) is 8.43. The van der Waals surface area contributed by atoms with Gasteiger partial charge in [-0.25, -0.2) is 22.6 Å². The van der Waals surface area contributed by atoms with Gasteiger partial charge in [0.15, 0.2) is 11.3 Å². The van der Waals surface area contributed by atoms with Gasteiger partial charge in [0, 0.05) is 5.56 Å². The van der Waals surface area contributed by atoms with E-state index in [-0.39, 0.29) is 31.6 Å². The van der Waals surface area contributed by atoms with Crippen LogP contribution in [0.1, 0.15) is 35.5 Å². The highest BCUT2D eigenvalue weighted by Crippen LogP contribution is 2.34. The molecule has 4 aromatic rings. The molecular weight excluding hydrogens is 570 g/mol. The van der Waals surface area contributed by atoms with Crippen LogP contribution >= 0.6 is 11.3 Å². The number of nitrogens with one attached hydrogen (secondary N) is 1. The lowest BCUT2D eigenvalue weighted by Gasteiger charge is -2.22. The van der Waals surface area contributed by atoms with Gasteiger partial charge in [0.25, 0.3) is 10.0 Å². The maximum absolute atomic E-state index is 13.8. The molecule has 15 heteroatoms. The summed E-state index contributed by atoms with van der Waals surface area (Å²) < 4.78 is 108. The van der Waals surface area contributed by atoms with Crippen LogP contribution in [0.4, 0.5) is 26.3 Å². The van der Waals surface area contributed by atoms with Crippen molar-refractivity contribution in [2.45, 2.75) is 35.9 Å². The second-order valence-electron chi connectivity index (χ2n) is 8.91. The summed E-state index contributed by atoms with van der Waals surface area (Å²) >= 11 is 0.804. The van der Waals surface area contributed by atoms with E-state index in [1.54, 1.807) is 0 Å². The lowest BCUT2D eigenvalue weighted by Crippen LogP contribution is -2.45. The number of thiophene rings is 1. The fourth-order valence-corrected chi connectivity index (χ4v) is 5.90. The van der Waals surface area contributed by atoms with Crippen LogP contribution in [-0.2, 0) is 22.4 Å². The first-order valence-electron chi connectivity index (χ1n) is 10.9. The van der Waals surface area contributed by atoms with Crippen molar-refractivity contribution in [3.05, 3.63) is 70.4 Å². The number of hydrogen-bond acceptors (Lipinski definition) is 6. The van der Waals surface area contributed by atoms with Crippen molar-refractivity contribution in [3.8, 4) is 23.1 Å². The lowest BCUT2D eigenvalue weighted by molar-refractivity contribution is -0.142. The Hall–Kier alpha value is -3.45. The first-order valence-corrected chi connectivity index (χ1v) is 13.2. The van der Waals surface area contributed by atoms with Gasteiger partial charge in [-0.2, -0.15) is 31.4 Å². The fraction of sp³-hybridized carbons (Fsp3) is 0.250. The summed E-state index contributed by atoms with van der Waals surface area (Å²) in [7, 11) is -3.97. The van der Waals surface area contributed by atoms with Crippen LogP contribution in [0.25, 0.3) is 16.9 Å². The van der Waals surface area contributed by atoms with Crippen molar-refractivity contribution in [1.29, 1.82) is 0 Å². The van der Waals surface area contributed by atoms with E-state index in [2.05, 4.69) is 26.6 Å². The minimum atomic E-state index is -4.87. The van der Waals surface area contributed by atoms with Gasteiger partial charge in [-0.05, 0) is 44.2 Å². The molecular formula is C24H18F6N4O3S2. The van der Waals surface area contributed by atoms with Crippen molar-refractivity contribution in [2.24, 2.45) is 0 Å². The smallest absolute Gasteiger partial charge is 0.394 e. The average molecular weight is 589 g/mol. The Morgan fingerprint density at radius 3 is 2.26 bits per heavy atom. The number of halogens is 6. The minimum absolute atomic E-state index is 0.0162. The Labute approximate surface area is 222 Å². The van der Waals surface area contributed by atoms with Gasteiger partial charge in [0.2, 0.25) is 0 Å². The quantitative estimate of drug-likeness (QED) is 0.254. The van der Waals surface area contributed by atoms with Gasteiger partial charge in [-0.15, -0.1) is 11.3 Å². The number of sulfonamides is 1. The Morgan fingerprint density at radius 1 is 1.00 bits per heavy atom. The number of fused-ring (bicyclic) bond motifs is 1. The highest BCUT2D eigenvalue weighted by Gasteiger charge is 2.36. The van der Waals surface area contributed by atoms with Crippen LogP contribution < -0.4 is 4.72 Å². The molecule has 0 aliphatic rings. The summed E-state index contributed by atoms with van der Waals surface area (Å²) in [5.74, 6) is 5.32. The molecule has 0 aliphatic carbocycles. The molecule has 0 aliphatic heterocycles. The number of aliphatic hydroxyl groups is 1. The van der Waals surface area contributed by atoms with Gasteiger partial charge in [0.1, 0.15) is 4.21 Å². The predicted molar refractivity (Wildman–Crippen MR) is 130 cm³/mol. The molecule has 206 valence electrons. The van der Waals surface area contributed by atoms with E-state index < -0.39 is 45.8 Å². The van der Waals surface area contributed by atoms with E-state index in [9.17, 15) is 39.9 Å². The lowest BCUT2D eigenvalue weighted by atomic mass is 10.1. The van der Waals surface area contributed by atoms with Crippen molar-refractivity contribution in [1.82, 2.24) is 19.3 Å². The highest BCUT2D eigenvalue weighted by molar-refractivity contribution is 7.91. The van der Waals surface area contributed by atoms with Crippen LogP contribution in [0, 0.1) is 11.8 Å². The Kier molecular flexibility index (Phi) is 7.28. The molecule has 39 heavy (non-hydrogen) atoms. The first kappa shape index (κ1) is 28.6. The zero-order valence-electron chi connectivity index (χ0n) is 20.0. The second-order valence-corrected chi connectivity index (χ2v) is 11.9. The molecule has 0 fully saturated rings. The Bertz CT molecular complexity index is 1690. The van der Waals surface area contributed by atoms with E-state index in [4.69, 9.17) is 0 Å². The third-order valence-electron chi connectivity index (χ3n) is 5.24. The molecule has 0 bridgehead atoms. The zero-order valence-corrected chi connectivity index (χ0v) is 21.6. The molecule has 3 heterocycles. The molecule has 1 aromatic carbocycles. The summed E-state index contributed by atoms with van der Waals surface area (Å²) in [4.78, 5) is 4.44. The zero-order chi connectivity index (χ0) is 28.8. The summed E-state index contributed by atoms with van der Waals surface area (Å²) in [5.41, 5.74) is -3.83. The molecule has 4 rings (SSSR count). The van der Waals surface area contributed by atoms with E-state index in [0.29, 0.717) is 10.6 Å². The topological polar surface area (TPSA) is 96.6 Å². The van der Waals surface area contributed by atoms with Gasteiger partial charge in [-0.1, -0.05) is 24.0 Å². The summed E-state index contributed by atoms with van der Waals surface area (Å²) in [6.45, 7) is 2.54. The van der Waals surface area contributed by atoms with Gasteiger partial charge in [-0.3, -0.25) is 0 Å². The molecule has 0 unspecified atom stereocenters. The van der Waals surface area contributed by atoms with Gasteiger partial charge in [0.05, 0.1) is 40.0 Å². The standard InChI is InChI=1S/C24H18F6N4O3S2/c1-22(2,13-35)33-39(36,37)20-10-9-17(38-20)8-5-15-12-31-34-19(24(28,29)30)11-18(32-21(15)34)14-3-6-16(7-4-14)23(25,26)27/h3-4,6-7,9-12,33,35H,13H2,1-2H3. The Morgan fingerprint density at radius 2 is 1.67 bits per heavy atom. The van der Waals surface area contributed by atoms with Crippen LogP contribution in [0.5, 0.6) is 0 Å². The molecule has 2 N–H and O–H groups in total. The van der Waals surface area contributed by atoms with Crippen molar-refractivity contribution < 1.29 is 39.9 Å². The molecule has 0 saturated heterocycles. The number of aliphatic hydroxyl groups excluding tert-OH is 1. The van der Waals surface area contributed by atoms with Gasteiger partial charge < -0.3 is 5.11 Å². The molecule has 0 amide bonds. The Balaban J connectivity index is 1.74. The minimum Gasteiger partial charge on any atom is -0.394 e. The number of rotatable bonds is 5.